The molecule has 0 atom stereocenters. The molecule has 0 saturated carbocycles. The van der Waals surface area contributed by atoms with Gasteiger partial charge in [0.2, 0.25) is 5.91 Å². The van der Waals surface area contributed by atoms with Crippen LogP contribution in [0.2, 0.25) is 0 Å². The lowest BCUT2D eigenvalue weighted by Crippen LogP contribution is -2.24. The van der Waals surface area contributed by atoms with Crippen LogP contribution in [0.1, 0.15) is 6.92 Å². The van der Waals surface area contributed by atoms with Crippen molar-refractivity contribution < 1.29 is 13.6 Å². The normalized spacial score (nSPS) is 10.9. The van der Waals surface area contributed by atoms with E-state index in [4.69, 9.17) is 0 Å². The monoisotopic (exact) mass is 376 g/mol. The largest absolute Gasteiger partial charge is 0.323 e. The maximum atomic E-state index is 13.6. The first-order valence-corrected chi connectivity index (χ1v) is 8.71. The Kier molecular flexibility index (Phi) is 5.27. The minimum Gasteiger partial charge on any atom is -0.323 e. The number of pyridine rings is 1. The zero-order valence-electron chi connectivity index (χ0n) is 13.7. The fourth-order valence-electron chi connectivity index (χ4n) is 2.33. The zero-order chi connectivity index (χ0) is 18.7. The van der Waals surface area contributed by atoms with Gasteiger partial charge in [-0.3, -0.25) is 14.2 Å². The Hall–Kier alpha value is -2.81. The van der Waals surface area contributed by atoms with Crippen LogP contribution >= 0.6 is 11.8 Å². The second-order valence-corrected chi connectivity index (χ2v) is 6.22. The highest BCUT2D eigenvalue weighted by Gasteiger charge is 2.14. The first-order chi connectivity index (χ1) is 12.5. The number of carbonyl (C=O) groups excluding carboxylic acids is 1. The van der Waals surface area contributed by atoms with Gasteiger partial charge in [-0.15, -0.1) is 0 Å². The molecule has 0 fully saturated rings. The highest BCUT2D eigenvalue weighted by Crippen LogP contribution is 2.19. The van der Waals surface area contributed by atoms with Gasteiger partial charge in [0, 0.05) is 18.8 Å². The van der Waals surface area contributed by atoms with Crippen molar-refractivity contribution in [1.82, 2.24) is 14.5 Å². The van der Waals surface area contributed by atoms with Crippen LogP contribution in [0.3, 0.4) is 0 Å². The molecule has 26 heavy (non-hydrogen) atoms. The summed E-state index contributed by atoms with van der Waals surface area (Å²) >= 11 is 1.04. The Balaban J connectivity index is 1.78. The average molecular weight is 376 g/mol. The van der Waals surface area contributed by atoms with Crippen LogP contribution in [0.4, 0.5) is 14.5 Å². The van der Waals surface area contributed by atoms with Crippen LogP contribution in [0.25, 0.3) is 11.0 Å². The van der Waals surface area contributed by atoms with Crippen molar-refractivity contribution in [2.24, 2.45) is 0 Å². The van der Waals surface area contributed by atoms with Crippen molar-refractivity contribution in [3.63, 3.8) is 0 Å². The summed E-state index contributed by atoms with van der Waals surface area (Å²) in [4.78, 5) is 32.9. The molecule has 1 amide bonds. The third-order valence-corrected chi connectivity index (χ3v) is 4.52. The number of rotatable bonds is 5. The molecule has 0 radical (unpaired) electrons. The second-order valence-electron chi connectivity index (χ2n) is 5.28. The van der Waals surface area contributed by atoms with Gasteiger partial charge in [-0.05, 0) is 31.2 Å². The van der Waals surface area contributed by atoms with Gasteiger partial charge in [0.15, 0.2) is 10.8 Å². The van der Waals surface area contributed by atoms with Crippen LogP contribution < -0.4 is 10.9 Å². The molecule has 3 rings (SSSR count). The second kappa shape index (κ2) is 7.61. The predicted molar refractivity (Wildman–Crippen MR) is 95.2 cm³/mol. The molecule has 1 N–H and O–H groups in total. The number of aromatic nitrogens is 3. The molecule has 0 unspecified atom stereocenters. The summed E-state index contributed by atoms with van der Waals surface area (Å²) in [6, 6.07) is 6.18. The number of benzene rings is 1. The first kappa shape index (κ1) is 18.0. The minimum absolute atomic E-state index is 0.0956. The van der Waals surface area contributed by atoms with Crippen LogP contribution in [-0.4, -0.2) is 26.2 Å². The molecule has 6 nitrogen and oxygen atoms in total. The summed E-state index contributed by atoms with van der Waals surface area (Å²) in [7, 11) is 0. The fraction of sp³-hybridized carbons (Fsp3) is 0.176. The Morgan fingerprint density at radius 3 is 2.85 bits per heavy atom. The van der Waals surface area contributed by atoms with E-state index >= 15 is 0 Å². The van der Waals surface area contributed by atoms with E-state index < -0.39 is 17.5 Å². The summed E-state index contributed by atoms with van der Waals surface area (Å²) < 4.78 is 27.9. The molecule has 0 bridgehead atoms. The van der Waals surface area contributed by atoms with E-state index in [2.05, 4.69) is 15.3 Å². The third-order valence-electron chi connectivity index (χ3n) is 3.55. The number of nitrogens with zero attached hydrogens (tertiary/aromatic N) is 3. The van der Waals surface area contributed by atoms with Gasteiger partial charge in [-0.2, -0.15) is 0 Å². The number of fused-ring (bicyclic) bond motifs is 1. The molecule has 0 spiro atoms. The van der Waals surface area contributed by atoms with Gasteiger partial charge in [0.1, 0.15) is 11.6 Å². The Morgan fingerprint density at radius 1 is 1.31 bits per heavy atom. The number of thioether (sulfide) groups is 1. The molecule has 2 heterocycles. The number of hydrogen-bond donors (Lipinski definition) is 1. The first-order valence-electron chi connectivity index (χ1n) is 7.73. The Labute approximate surface area is 151 Å². The Morgan fingerprint density at radius 2 is 2.12 bits per heavy atom. The van der Waals surface area contributed by atoms with Gasteiger partial charge >= 0.3 is 0 Å². The van der Waals surface area contributed by atoms with E-state index in [0.717, 1.165) is 23.9 Å². The lowest BCUT2D eigenvalue weighted by molar-refractivity contribution is -0.113. The van der Waals surface area contributed by atoms with E-state index in [0.29, 0.717) is 28.8 Å². The van der Waals surface area contributed by atoms with Gasteiger partial charge in [-0.25, -0.2) is 18.7 Å². The molecular weight excluding hydrogens is 362 g/mol. The molecule has 0 aliphatic rings. The standard InChI is InChI=1S/C17H14F2N4O2S/c1-2-23-16(25)11-4-3-7-20-15(11)22-17(23)26-9-14(24)21-13-6-5-10(18)8-12(13)19/h3-8H,2,9H2,1H3,(H,21,24). The molecule has 134 valence electrons. The van der Waals surface area contributed by atoms with Crippen molar-refractivity contribution in [2.75, 3.05) is 11.1 Å². The molecule has 9 heteroatoms. The maximum Gasteiger partial charge on any atom is 0.263 e. The molecule has 0 saturated heterocycles. The number of nitrogens with one attached hydrogen (secondary N) is 1. The molecular formula is C17H14F2N4O2S. The molecule has 3 aromatic rings. The predicted octanol–water partition coefficient (Wildman–Crippen LogP) is 2.82. The highest BCUT2D eigenvalue weighted by atomic mass is 32.2. The zero-order valence-corrected chi connectivity index (χ0v) is 14.5. The molecule has 1 aromatic carbocycles. The number of amides is 1. The molecule has 2 aromatic heterocycles. The van der Waals surface area contributed by atoms with E-state index in [1.54, 1.807) is 19.1 Å². The summed E-state index contributed by atoms with van der Waals surface area (Å²) in [5.74, 6) is -2.18. The van der Waals surface area contributed by atoms with Crippen molar-refractivity contribution in [2.45, 2.75) is 18.6 Å². The molecule has 0 aliphatic heterocycles. The molecule has 0 aliphatic carbocycles. The van der Waals surface area contributed by atoms with Crippen molar-refractivity contribution in [1.29, 1.82) is 0 Å². The smallest absolute Gasteiger partial charge is 0.263 e. The summed E-state index contributed by atoms with van der Waals surface area (Å²) in [6.07, 6.45) is 1.53. The minimum atomic E-state index is -0.859. The van der Waals surface area contributed by atoms with Crippen LogP contribution in [0.5, 0.6) is 0 Å². The maximum absolute atomic E-state index is 13.6. The topological polar surface area (TPSA) is 76.9 Å². The lowest BCUT2D eigenvalue weighted by atomic mass is 10.3. The van der Waals surface area contributed by atoms with E-state index in [9.17, 15) is 18.4 Å². The third kappa shape index (κ3) is 3.72. The summed E-state index contributed by atoms with van der Waals surface area (Å²) in [5, 5.41) is 3.11. The number of halogens is 2. The highest BCUT2D eigenvalue weighted by molar-refractivity contribution is 7.99. The fourth-order valence-corrected chi connectivity index (χ4v) is 3.18. The summed E-state index contributed by atoms with van der Waals surface area (Å²) in [5.41, 5.74) is -0.0502. The SMILES string of the molecule is CCn1c(SCC(=O)Nc2ccc(F)cc2F)nc2ncccc2c1=O. The van der Waals surface area contributed by atoms with Crippen molar-refractivity contribution >= 4 is 34.4 Å². The van der Waals surface area contributed by atoms with Crippen molar-refractivity contribution in [3.8, 4) is 0 Å². The average Bonchev–Trinajstić information content (AvgIpc) is 2.62. The van der Waals surface area contributed by atoms with Crippen LogP contribution in [0, 0.1) is 11.6 Å². The Bertz CT molecular complexity index is 1040. The summed E-state index contributed by atoms with van der Waals surface area (Å²) in [6.45, 7) is 2.18. The lowest BCUT2D eigenvalue weighted by Gasteiger charge is -2.11. The van der Waals surface area contributed by atoms with Gasteiger partial charge in [0.05, 0.1) is 16.8 Å². The number of anilines is 1. The number of carbonyl (C=O) groups is 1. The quantitative estimate of drug-likeness (QED) is 0.547. The van der Waals surface area contributed by atoms with E-state index in [1.807, 2.05) is 0 Å². The van der Waals surface area contributed by atoms with Gasteiger partial charge < -0.3 is 5.32 Å². The van der Waals surface area contributed by atoms with Gasteiger partial charge in [0.25, 0.3) is 5.56 Å². The van der Waals surface area contributed by atoms with Crippen LogP contribution in [-0.2, 0) is 11.3 Å². The van der Waals surface area contributed by atoms with Crippen molar-refractivity contribution in [3.05, 3.63) is 58.5 Å². The van der Waals surface area contributed by atoms with Gasteiger partial charge in [-0.1, -0.05) is 11.8 Å². The van der Waals surface area contributed by atoms with Crippen LogP contribution in [0.15, 0.2) is 46.5 Å². The van der Waals surface area contributed by atoms with E-state index in [1.165, 1.54) is 10.8 Å². The van der Waals surface area contributed by atoms with E-state index in [-0.39, 0.29) is 17.0 Å². The number of hydrogen-bond acceptors (Lipinski definition) is 5.